The number of quaternary nitrogens is 2. The van der Waals surface area contributed by atoms with Crippen molar-refractivity contribution in [3.8, 4) is 11.5 Å². The third-order valence-corrected chi connectivity index (χ3v) is 6.45. The number of hydrogen-bond donors (Lipinski definition) is 3. The van der Waals surface area contributed by atoms with Gasteiger partial charge in [0, 0.05) is 5.56 Å². The Labute approximate surface area is 193 Å². The number of hydrogen-bond acceptors (Lipinski definition) is 5. The van der Waals surface area contributed by atoms with Gasteiger partial charge in [-0.2, -0.15) is 0 Å². The maximum absolute atomic E-state index is 13.1. The number of ketones is 1. The van der Waals surface area contributed by atoms with E-state index in [4.69, 9.17) is 9.47 Å². The summed E-state index contributed by atoms with van der Waals surface area (Å²) in [6, 6.07) is 13.4. The molecule has 33 heavy (non-hydrogen) atoms. The largest absolute Gasteiger partial charge is 0.507 e. The number of benzene rings is 2. The molecule has 0 aromatic heterocycles. The summed E-state index contributed by atoms with van der Waals surface area (Å²) >= 11 is 0. The molecule has 4 N–H and O–H groups in total. The highest BCUT2D eigenvalue weighted by Gasteiger charge is 2.46. The average molecular weight is 454 g/mol. The molecule has 0 unspecified atom stereocenters. The summed E-state index contributed by atoms with van der Waals surface area (Å²) in [6.07, 6.45) is 0. The van der Waals surface area contributed by atoms with Crippen molar-refractivity contribution in [1.29, 1.82) is 0 Å². The van der Waals surface area contributed by atoms with Crippen molar-refractivity contribution in [2.45, 2.75) is 6.04 Å². The Kier molecular flexibility index (Phi) is 6.96. The smallest absolute Gasteiger partial charge is 0.295 e. The van der Waals surface area contributed by atoms with Crippen LogP contribution in [0.25, 0.3) is 5.76 Å². The molecule has 0 bridgehead atoms. The number of rotatable bonds is 7. The molecule has 8 heteroatoms. The zero-order valence-corrected chi connectivity index (χ0v) is 19.0. The van der Waals surface area contributed by atoms with Gasteiger partial charge in [-0.25, -0.2) is 0 Å². The van der Waals surface area contributed by atoms with E-state index in [2.05, 4.69) is 5.32 Å². The molecule has 1 amide bonds. The molecule has 2 fully saturated rings. The highest BCUT2D eigenvalue weighted by atomic mass is 16.5. The second-order valence-electron chi connectivity index (χ2n) is 8.36. The number of nitrogens with two attached hydrogens (primary N) is 1. The number of carbonyl (C=O) groups excluding carboxylic acids is 2. The number of carbonyl (C=O) groups is 2. The Morgan fingerprint density at radius 1 is 1.00 bits per heavy atom. The topological polar surface area (TPSA) is 97.1 Å². The molecule has 174 valence electrons. The van der Waals surface area contributed by atoms with Crippen molar-refractivity contribution >= 4 is 17.4 Å². The first-order chi connectivity index (χ1) is 16.0. The van der Waals surface area contributed by atoms with Crippen LogP contribution in [0.3, 0.4) is 0 Å². The maximum atomic E-state index is 13.1. The van der Waals surface area contributed by atoms with Crippen LogP contribution in [0.15, 0.2) is 54.1 Å². The van der Waals surface area contributed by atoms with Gasteiger partial charge < -0.3 is 29.7 Å². The molecule has 2 aliphatic heterocycles. The molecule has 0 radical (unpaired) electrons. The molecule has 2 heterocycles. The maximum Gasteiger partial charge on any atom is 0.295 e. The molecule has 0 aliphatic carbocycles. The molecule has 2 aromatic carbocycles. The van der Waals surface area contributed by atoms with E-state index < -0.39 is 17.7 Å². The molecule has 8 nitrogen and oxygen atoms in total. The number of aliphatic hydroxyl groups excluding tert-OH is 1. The van der Waals surface area contributed by atoms with E-state index >= 15 is 0 Å². The van der Waals surface area contributed by atoms with Gasteiger partial charge in [-0.3, -0.25) is 9.59 Å². The Hall–Kier alpha value is -3.36. The first-order valence-electron chi connectivity index (χ1n) is 11.3. The molecule has 2 aromatic rings. The zero-order chi connectivity index (χ0) is 23.4. The van der Waals surface area contributed by atoms with Gasteiger partial charge in [0.1, 0.15) is 43.4 Å². The minimum absolute atomic E-state index is 0.109. The van der Waals surface area contributed by atoms with Crippen LogP contribution in [-0.4, -0.2) is 75.2 Å². The van der Waals surface area contributed by atoms with Crippen LogP contribution in [-0.2, 0) is 9.59 Å². The van der Waals surface area contributed by atoms with Gasteiger partial charge >= 0.3 is 0 Å². The number of methoxy groups -OCH3 is 2. The predicted molar refractivity (Wildman–Crippen MR) is 122 cm³/mol. The van der Waals surface area contributed by atoms with E-state index in [0.717, 1.165) is 38.3 Å². The molecule has 2 saturated heterocycles. The van der Waals surface area contributed by atoms with Crippen LogP contribution in [0, 0.1) is 0 Å². The van der Waals surface area contributed by atoms with Crippen molar-refractivity contribution in [3.63, 3.8) is 0 Å². The summed E-state index contributed by atoms with van der Waals surface area (Å²) < 4.78 is 10.5. The average Bonchev–Trinajstić information content (AvgIpc) is 3.12. The number of ether oxygens (including phenoxy) is 2. The van der Waals surface area contributed by atoms with Crippen molar-refractivity contribution in [1.82, 2.24) is 4.90 Å². The molecule has 4 rings (SSSR count). The SMILES string of the molecule is COc1ccc(C(O)=C2C(=O)C(=O)N(CC[NH+]3CC[NH2+]CC3)[C@H]2c2ccc(OC)cc2)cc1. The quantitative estimate of drug-likeness (QED) is 0.301. The van der Waals surface area contributed by atoms with E-state index in [9.17, 15) is 14.7 Å². The molecule has 0 saturated carbocycles. The Morgan fingerprint density at radius 2 is 1.58 bits per heavy atom. The number of amides is 1. The molecule has 0 spiro atoms. The fraction of sp³-hybridized carbons (Fsp3) is 0.360. The Morgan fingerprint density at radius 3 is 2.15 bits per heavy atom. The first kappa shape index (κ1) is 22.8. The summed E-state index contributed by atoms with van der Waals surface area (Å²) in [5.41, 5.74) is 1.33. The fourth-order valence-corrected chi connectivity index (χ4v) is 4.56. The van der Waals surface area contributed by atoms with Crippen LogP contribution in [0.1, 0.15) is 17.2 Å². The summed E-state index contributed by atoms with van der Waals surface area (Å²) in [7, 11) is 3.15. The number of likely N-dealkylation sites (tertiary alicyclic amines) is 1. The fourth-order valence-electron chi connectivity index (χ4n) is 4.56. The number of nitrogens with zero attached hydrogens (tertiary/aromatic N) is 1. The lowest BCUT2D eigenvalue weighted by molar-refractivity contribution is -0.946. The van der Waals surface area contributed by atoms with Gasteiger partial charge in [-0.15, -0.1) is 0 Å². The van der Waals surface area contributed by atoms with Crippen molar-refractivity contribution in [2.24, 2.45) is 0 Å². The van der Waals surface area contributed by atoms with E-state index in [0.29, 0.717) is 23.6 Å². The van der Waals surface area contributed by atoms with Crippen LogP contribution in [0.2, 0.25) is 0 Å². The van der Waals surface area contributed by atoms with Gasteiger partial charge in [0.2, 0.25) is 0 Å². The third kappa shape index (κ3) is 4.72. The highest BCUT2D eigenvalue weighted by molar-refractivity contribution is 6.46. The van der Waals surface area contributed by atoms with Crippen molar-refractivity contribution in [2.75, 3.05) is 53.5 Å². The van der Waals surface area contributed by atoms with E-state index in [1.54, 1.807) is 55.5 Å². The summed E-state index contributed by atoms with van der Waals surface area (Å²) in [5.74, 6) is -0.0977. The standard InChI is InChI=1S/C25H29N3O5/c1-32-19-7-3-17(4-8-19)22-21(23(29)18-5-9-20(33-2)10-6-18)24(30)25(31)28(22)16-15-27-13-11-26-12-14-27/h3-10,22,26,29H,11-16H2,1-2H3/p+2/t22-/m0/s1. The Balaban J connectivity index is 1.72. The van der Waals surface area contributed by atoms with Crippen molar-refractivity contribution in [3.05, 3.63) is 65.2 Å². The predicted octanol–water partition coefficient (Wildman–Crippen LogP) is -0.413. The second kappa shape index (κ2) is 10.1. The normalized spacial score (nSPS) is 20.8. The van der Waals surface area contributed by atoms with Gasteiger partial charge in [0.15, 0.2) is 0 Å². The van der Waals surface area contributed by atoms with Crippen LogP contribution in [0.4, 0.5) is 0 Å². The monoisotopic (exact) mass is 453 g/mol. The molecule has 1 atom stereocenters. The lowest BCUT2D eigenvalue weighted by atomic mass is 9.95. The number of nitrogens with one attached hydrogen (secondary N) is 1. The lowest BCUT2D eigenvalue weighted by Crippen LogP contribution is -3.20. The third-order valence-electron chi connectivity index (χ3n) is 6.45. The van der Waals surface area contributed by atoms with Crippen LogP contribution in [0.5, 0.6) is 11.5 Å². The lowest BCUT2D eigenvalue weighted by Gasteiger charge is -2.28. The van der Waals surface area contributed by atoms with Crippen LogP contribution < -0.4 is 19.7 Å². The highest BCUT2D eigenvalue weighted by Crippen LogP contribution is 2.39. The molecular formula is C25H31N3O5+2. The van der Waals surface area contributed by atoms with Gasteiger partial charge in [0.05, 0.1) is 38.9 Å². The van der Waals surface area contributed by atoms with E-state index in [-0.39, 0.29) is 11.3 Å². The van der Waals surface area contributed by atoms with E-state index in [1.807, 2.05) is 12.1 Å². The minimum Gasteiger partial charge on any atom is -0.507 e. The number of piperazine rings is 1. The zero-order valence-electron chi connectivity index (χ0n) is 19.0. The van der Waals surface area contributed by atoms with Gasteiger partial charge in [-0.1, -0.05) is 12.1 Å². The molecule has 2 aliphatic rings. The van der Waals surface area contributed by atoms with Crippen molar-refractivity contribution < 1.29 is 34.4 Å². The van der Waals surface area contributed by atoms with Gasteiger partial charge in [0.25, 0.3) is 11.7 Å². The van der Waals surface area contributed by atoms with Gasteiger partial charge in [-0.05, 0) is 42.0 Å². The summed E-state index contributed by atoms with van der Waals surface area (Å²) in [6.45, 7) is 5.39. The van der Waals surface area contributed by atoms with E-state index in [1.165, 1.54) is 4.90 Å². The first-order valence-corrected chi connectivity index (χ1v) is 11.3. The number of aliphatic hydroxyl groups is 1. The Bertz CT molecular complexity index is 1030. The van der Waals surface area contributed by atoms with Crippen LogP contribution >= 0.6 is 0 Å². The minimum atomic E-state index is -0.661. The number of Topliss-reactive ketones (excluding diaryl/α,β-unsaturated/α-hetero) is 1. The summed E-state index contributed by atoms with van der Waals surface area (Å²) in [4.78, 5) is 29.3. The summed E-state index contributed by atoms with van der Waals surface area (Å²) in [5, 5.41) is 13.4. The second-order valence-corrected chi connectivity index (χ2v) is 8.36. The molecular weight excluding hydrogens is 422 g/mol.